The van der Waals surface area contributed by atoms with Crippen LogP contribution in [0.3, 0.4) is 0 Å². The van der Waals surface area contributed by atoms with Crippen LogP contribution in [0.15, 0.2) is 23.0 Å². The number of aryl methyl sites for hydroxylation is 1. The van der Waals surface area contributed by atoms with Crippen molar-refractivity contribution in [3.8, 4) is 0 Å². The molecular weight excluding hydrogens is 185 g/mol. The first kappa shape index (κ1) is 10.0. The zero-order valence-corrected chi connectivity index (χ0v) is 8.92. The molecule has 0 fully saturated rings. The lowest BCUT2D eigenvalue weighted by Crippen LogP contribution is -2.15. The molecule has 0 aliphatic rings. The molecule has 1 aromatic carbocycles. The van der Waals surface area contributed by atoms with Crippen molar-refractivity contribution in [2.75, 3.05) is 0 Å². The quantitative estimate of drug-likeness (QED) is 0.684. The molecular formula is C12H12BNO. The standard InChI is InChI=1S/C12H12BNO/c1-3-9-7(2)10-5-4-8(13)6-11(10)14-12(9)15/h4-6H,3H2,1-2H3,(H,14,15). The summed E-state index contributed by atoms with van der Waals surface area (Å²) >= 11 is 0. The van der Waals surface area contributed by atoms with Gasteiger partial charge in [0.1, 0.15) is 7.85 Å². The SMILES string of the molecule is [B]c1ccc2c(C)c(CC)c(=O)[nH]c2c1. The Bertz CT molecular complexity index is 572. The van der Waals surface area contributed by atoms with Crippen LogP contribution in [0, 0.1) is 6.92 Å². The number of H-pyrrole nitrogens is 1. The molecule has 0 amide bonds. The summed E-state index contributed by atoms with van der Waals surface area (Å²) in [7, 11) is 5.67. The largest absolute Gasteiger partial charge is 0.322 e. The van der Waals surface area contributed by atoms with Crippen LogP contribution in [-0.4, -0.2) is 12.8 Å². The minimum absolute atomic E-state index is 0.00639. The van der Waals surface area contributed by atoms with Gasteiger partial charge in [-0.05, 0) is 25.0 Å². The van der Waals surface area contributed by atoms with Crippen LogP contribution >= 0.6 is 0 Å². The highest BCUT2D eigenvalue weighted by molar-refractivity contribution is 6.33. The van der Waals surface area contributed by atoms with Crippen LogP contribution in [0.2, 0.25) is 0 Å². The van der Waals surface area contributed by atoms with Crippen LogP contribution in [0.25, 0.3) is 10.9 Å². The van der Waals surface area contributed by atoms with Crippen LogP contribution in [0.4, 0.5) is 0 Å². The van der Waals surface area contributed by atoms with Gasteiger partial charge in [-0.2, -0.15) is 0 Å². The van der Waals surface area contributed by atoms with Gasteiger partial charge in [0.05, 0.1) is 0 Å². The van der Waals surface area contributed by atoms with E-state index in [1.807, 2.05) is 26.0 Å². The Labute approximate surface area is 89.7 Å². The second-order valence-corrected chi connectivity index (χ2v) is 3.72. The van der Waals surface area contributed by atoms with Crippen molar-refractivity contribution in [2.45, 2.75) is 20.3 Å². The number of aromatic nitrogens is 1. The summed E-state index contributed by atoms with van der Waals surface area (Å²) in [5, 5.41) is 1.07. The third kappa shape index (κ3) is 1.58. The van der Waals surface area contributed by atoms with E-state index in [1.165, 1.54) is 0 Å². The van der Waals surface area contributed by atoms with Crippen LogP contribution in [0.5, 0.6) is 0 Å². The van der Waals surface area contributed by atoms with Gasteiger partial charge in [0.2, 0.25) is 0 Å². The number of benzene rings is 1. The first-order valence-electron chi connectivity index (χ1n) is 5.04. The summed E-state index contributed by atoms with van der Waals surface area (Å²) < 4.78 is 0. The molecule has 0 atom stereocenters. The van der Waals surface area contributed by atoms with Crippen LogP contribution in [0.1, 0.15) is 18.1 Å². The fraction of sp³-hybridized carbons (Fsp3) is 0.250. The van der Waals surface area contributed by atoms with Gasteiger partial charge < -0.3 is 4.98 Å². The smallest absolute Gasteiger partial charge is 0.251 e. The molecule has 0 saturated heterocycles. The minimum Gasteiger partial charge on any atom is -0.322 e. The number of hydrogen-bond donors (Lipinski definition) is 1. The third-order valence-electron chi connectivity index (χ3n) is 2.78. The van der Waals surface area contributed by atoms with Crippen molar-refractivity contribution in [3.05, 3.63) is 39.7 Å². The molecule has 2 nitrogen and oxygen atoms in total. The Balaban J connectivity index is 2.91. The maximum Gasteiger partial charge on any atom is 0.251 e. The second kappa shape index (κ2) is 3.57. The van der Waals surface area contributed by atoms with Crippen molar-refractivity contribution in [1.82, 2.24) is 4.98 Å². The normalized spacial score (nSPS) is 10.8. The highest BCUT2D eigenvalue weighted by atomic mass is 16.1. The fourth-order valence-corrected chi connectivity index (χ4v) is 1.95. The van der Waals surface area contributed by atoms with E-state index in [9.17, 15) is 4.79 Å². The van der Waals surface area contributed by atoms with E-state index in [0.29, 0.717) is 5.46 Å². The van der Waals surface area contributed by atoms with Gasteiger partial charge in [-0.1, -0.05) is 24.5 Å². The molecule has 1 N–H and O–H groups in total. The molecule has 0 spiro atoms. The molecule has 1 heterocycles. The molecule has 15 heavy (non-hydrogen) atoms. The molecule has 0 bridgehead atoms. The monoisotopic (exact) mass is 197 g/mol. The van der Waals surface area contributed by atoms with Crippen molar-refractivity contribution >= 4 is 24.2 Å². The van der Waals surface area contributed by atoms with Crippen molar-refractivity contribution in [3.63, 3.8) is 0 Å². The Kier molecular flexibility index (Phi) is 2.39. The van der Waals surface area contributed by atoms with Gasteiger partial charge in [0, 0.05) is 16.5 Å². The van der Waals surface area contributed by atoms with Crippen LogP contribution in [-0.2, 0) is 6.42 Å². The van der Waals surface area contributed by atoms with E-state index in [1.54, 1.807) is 6.07 Å². The molecule has 0 aliphatic heterocycles. The minimum atomic E-state index is -0.00639. The number of rotatable bonds is 1. The molecule has 2 aromatic rings. The molecule has 2 radical (unpaired) electrons. The van der Waals surface area contributed by atoms with E-state index in [2.05, 4.69) is 4.98 Å². The van der Waals surface area contributed by atoms with E-state index in [0.717, 1.165) is 28.5 Å². The maximum atomic E-state index is 11.7. The van der Waals surface area contributed by atoms with Gasteiger partial charge in [-0.15, -0.1) is 0 Å². The van der Waals surface area contributed by atoms with Crippen LogP contribution < -0.4 is 11.0 Å². The second-order valence-electron chi connectivity index (χ2n) is 3.72. The Morgan fingerprint density at radius 1 is 1.40 bits per heavy atom. The topological polar surface area (TPSA) is 32.9 Å². The Morgan fingerprint density at radius 2 is 2.13 bits per heavy atom. The highest BCUT2D eigenvalue weighted by Crippen LogP contribution is 2.16. The van der Waals surface area contributed by atoms with Gasteiger partial charge in [0.25, 0.3) is 5.56 Å². The lowest BCUT2D eigenvalue weighted by Gasteiger charge is -2.07. The third-order valence-corrected chi connectivity index (χ3v) is 2.78. The summed E-state index contributed by atoms with van der Waals surface area (Å²) in [6, 6.07) is 5.60. The highest BCUT2D eigenvalue weighted by Gasteiger charge is 2.06. The number of aromatic amines is 1. The first-order chi connectivity index (χ1) is 7.13. The average Bonchev–Trinajstić information content (AvgIpc) is 2.17. The molecule has 0 saturated carbocycles. The predicted molar refractivity (Wildman–Crippen MR) is 64.1 cm³/mol. The molecule has 0 aliphatic carbocycles. The summed E-state index contributed by atoms with van der Waals surface area (Å²) in [6.07, 6.45) is 0.751. The molecule has 74 valence electrons. The lowest BCUT2D eigenvalue weighted by molar-refractivity contribution is 1.06. The number of nitrogens with one attached hydrogen (secondary N) is 1. The van der Waals surface area contributed by atoms with Crippen molar-refractivity contribution < 1.29 is 0 Å². The van der Waals surface area contributed by atoms with E-state index in [4.69, 9.17) is 7.85 Å². The summed E-state index contributed by atoms with van der Waals surface area (Å²) in [5.41, 5.74) is 3.38. The Hall–Kier alpha value is -1.51. The summed E-state index contributed by atoms with van der Waals surface area (Å²) in [5.74, 6) is 0. The van der Waals surface area contributed by atoms with Gasteiger partial charge >= 0.3 is 0 Å². The molecule has 2 rings (SSSR count). The number of fused-ring (bicyclic) bond motifs is 1. The average molecular weight is 197 g/mol. The molecule has 1 aromatic heterocycles. The van der Waals surface area contributed by atoms with Gasteiger partial charge in [-0.25, -0.2) is 0 Å². The number of hydrogen-bond acceptors (Lipinski definition) is 1. The van der Waals surface area contributed by atoms with E-state index >= 15 is 0 Å². The van der Waals surface area contributed by atoms with Gasteiger partial charge in [-0.3, -0.25) is 4.79 Å². The maximum absolute atomic E-state index is 11.7. The fourth-order valence-electron chi connectivity index (χ4n) is 1.95. The Morgan fingerprint density at radius 3 is 2.80 bits per heavy atom. The predicted octanol–water partition coefficient (Wildman–Crippen LogP) is 1.19. The summed E-state index contributed by atoms with van der Waals surface area (Å²) in [4.78, 5) is 14.6. The molecule has 0 unspecified atom stereocenters. The van der Waals surface area contributed by atoms with E-state index in [-0.39, 0.29) is 5.56 Å². The number of pyridine rings is 1. The van der Waals surface area contributed by atoms with Gasteiger partial charge in [0.15, 0.2) is 0 Å². The van der Waals surface area contributed by atoms with Crippen molar-refractivity contribution in [1.29, 1.82) is 0 Å². The lowest BCUT2D eigenvalue weighted by atomic mass is 9.93. The molecule has 3 heteroatoms. The zero-order chi connectivity index (χ0) is 11.0. The zero-order valence-electron chi connectivity index (χ0n) is 8.92. The first-order valence-corrected chi connectivity index (χ1v) is 5.04. The summed E-state index contributed by atoms with van der Waals surface area (Å²) in [6.45, 7) is 3.97. The van der Waals surface area contributed by atoms with E-state index < -0.39 is 0 Å². The van der Waals surface area contributed by atoms with Crippen molar-refractivity contribution in [2.24, 2.45) is 0 Å².